The Balaban J connectivity index is 1.42. The Morgan fingerprint density at radius 2 is 1.70 bits per heavy atom. The molecule has 37 heavy (non-hydrogen) atoms. The Morgan fingerprint density at radius 1 is 0.892 bits per heavy atom. The van der Waals surface area contributed by atoms with Gasteiger partial charge in [0.15, 0.2) is 0 Å². The summed E-state index contributed by atoms with van der Waals surface area (Å²) in [6, 6.07) is 20.6. The average molecular weight is 494 g/mol. The van der Waals surface area contributed by atoms with Crippen LogP contribution >= 0.6 is 0 Å². The number of H-pyrrole nitrogens is 1. The zero-order valence-electron chi connectivity index (χ0n) is 21.3. The lowest BCUT2D eigenvalue weighted by atomic mass is 10.00. The van der Waals surface area contributed by atoms with Gasteiger partial charge >= 0.3 is 5.69 Å². The fraction of sp³-hybridized carbons (Fsp3) is 0.276. The van der Waals surface area contributed by atoms with Crippen LogP contribution in [0.3, 0.4) is 0 Å². The van der Waals surface area contributed by atoms with Gasteiger partial charge in [0.1, 0.15) is 0 Å². The molecular formula is C29H31N7O. The first-order valence-electron chi connectivity index (χ1n) is 12.8. The molecule has 0 unspecified atom stereocenters. The van der Waals surface area contributed by atoms with Crippen molar-refractivity contribution in [3.8, 4) is 22.5 Å². The molecule has 0 spiro atoms. The third-order valence-corrected chi connectivity index (χ3v) is 6.86. The standard InChI is InChI=1S/C29H31N7O/c1-3-4-10-27-21(2)35(18-16-22-8-6-5-7-9-22)29(37)36(27)20-23-11-13-24(14-12-23)25-15-17-30-19-26(25)28-31-33-34-32-28/h5-9,11-15,17,19H,3-4,10,16,18,20H2,1-2H3,(H,31,32,33,34). The van der Waals surface area contributed by atoms with Crippen molar-refractivity contribution in [2.45, 2.75) is 52.6 Å². The van der Waals surface area contributed by atoms with Gasteiger partial charge in [-0.2, -0.15) is 5.21 Å². The highest BCUT2D eigenvalue weighted by Crippen LogP contribution is 2.29. The number of unbranched alkanes of at least 4 members (excludes halogenated alkanes) is 1. The number of rotatable bonds is 10. The molecule has 0 saturated heterocycles. The number of nitrogens with zero attached hydrogens (tertiary/aromatic N) is 6. The summed E-state index contributed by atoms with van der Waals surface area (Å²) in [5.74, 6) is 0.506. The predicted octanol–water partition coefficient (Wildman–Crippen LogP) is 4.83. The summed E-state index contributed by atoms with van der Waals surface area (Å²) in [5, 5.41) is 14.4. The molecule has 3 heterocycles. The fourth-order valence-electron chi connectivity index (χ4n) is 4.80. The zero-order valence-corrected chi connectivity index (χ0v) is 21.3. The molecule has 0 saturated carbocycles. The molecule has 0 aliphatic rings. The number of aromatic nitrogens is 7. The first kappa shape index (κ1) is 24.4. The van der Waals surface area contributed by atoms with Crippen LogP contribution in [0.5, 0.6) is 0 Å². The number of benzene rings is 2. The molecule has 5 rings (SSSR count). The summed E-state index contributed by atoms with van der Waals surface area (Å²) >= 11 is 0. The van der Waals surface area contributed by atoms with E-state index in [9.17, 15) is 4.79 Å². The van der Waals surface area contributed by atoms with Crippen LogP contribution in [0.15, 0.2) is 77.9 Å². The van der Waals surface area contributed by atoms with E-state index in [1.807, 2.05) is 33.4 Å². The average Bonchev–Trinajstić information content (AvgIpc) is 3.55. The normalized spacial score (nSPS) is 11.2. The van der Waals surface area contributed by atoms with E-state index in [1.165, 1.54) is 5.56 Å². The lowest BCUT2D eigenvalue weighted by Crippen LogP contribution is -2.26. The van der Waals surface area contributed by atoms with Crippen LogP contribution in [0.4, 0.5) is 0 Å². The van der Waals surface area contributed by atoms with Crippen molar-refractivity contribution in [2.24, 2.45) is 0 Å². The topological polar surface area (TPSA) is 94.3 Å². The van der Waals surface area contributed by atoms with Crippen LogP contribution in [0.1, 0.15) is 42.3 Å². The minimum atomic E-state index is 0.0668. The Kier molecular flexibility index (Phi) is 7.35. The molecule has 3 aromatic heterocycles. The van der Waals surface area contributed by atoms with Gasteiger partial charge in [-0.15, -0.1) is 10.2 Å². The van der Waals surface area contributed by atoms with E-state index < -0.39 is 0 Å². The maximum Gasteiger partial charge on any atom is 0.328 e. The van der Waals surface area contributed by atoms with Crippen LogP contribution in [0.2, 0.25) is 0 Å². The Hall–Kier alpha value is -4.33. The molecule has 8 nitrogen and oxygen atoms in total. The van der Waals surface area contributed by atoms with Crippen LogP contribution < -0.4 is 5.69 Å². The lowest BCUT2D eigenvalue weighted by molar-refractivity contribution is 0.620. The van der Waals surface area contributed by atoms with Gasteiger partial charge in [0.25, 0.3) is 0 Å². The maximum absolute atomic E-state index is 13.6. The zero-order chi connectivity index (χ0) is 25.6. The van der Waals surface area contributed by atoms with Crippen LogP contribution in [-0.2, 0) is 25.9 Å². The molecule has 2 aromatic carbocycles. The molecule has 1 N–H and O–H groups in total. The number of tetrazole rings is 1. The monoisotopic (exact) mass is 493 g/mol. The highest BCUT2D eigenvalue weighted by molar-refractivity contribution is 5.79. The quantitative estimate of drug-likeness (QED) is 0.301. The van der Waals surface area contributed by atoms with Gasteiger partial charge in [0.05, 0.1) is 6.54 Å². The second kappa shape index (κ2) is 11.2. The fourth-order valence-corrected chi connectivity index (χ4v) is 4.80. The first-order valence-corrected chi connectivity index (χ1v) is 12.8. The largest absolute Gasteiger partial charge is 0.328 e. The molecule has 0 aliphatic carbocycles. The van der Waals surface area contributed by atoms with E-state index in [0.29, 0.717) is 18.9 Å². The van der Waals surface area contributed by atoms with Crippen LogP contribution in [-0.4, -0.2) is 34.7 Å². The van der Waals surface area contributed by atoms with Crippen LogP contribution in [0.25, 0.3) is 22.5 Å². The second-order valence-electron chi connectivity index (χ2n) is 9.25. The number of hydrogen-bond donors (Lipinski definition) is 1. The van der Waals surface area contributed by atoms with E-state index in [1.54, 1.807) is 12.4 Å². The van der Waals surface area contributed by atoms with E-state index in [-0.39, 0.29) is 5.69 Å². The van der Waals surface area contributed by atoms with Crippen molar-refractivity contribution in [1.82, 2.24) is 34.7 Å². The predicted molar refractivity (Wildman–Crippen MR) is 144 cm³/mol. The van der Waals surface area contributed by atoms with E-state index in [4.69, 9.17) is 0 Å². The highest BCUT2D eigenvalue weighted by Gasteiger charge is 2.17. The molecule has 5 aromatic rings. The second-order valence-corrected chi connectivity index (χ2v) is 9.25. The maximum atomic E-state index is 13.6. The highest BCUT2D eigenvalue weighted by atomic mass is 16.1. The van der Waals surface area contributed by atoms with Gasteiger partial charge in [0, 0.05) is 35.9 Å². The van der Waals surface area contributed by atoms with E-state index in [0.717, 1.165) is 59.3 Å². The molecule has 0 atom stereocenters. The minimum absolute atomic E-state index is 0.0668. The number of pyridine rings is 1. The number of hydrogen-bond acceptors (Lipinski definition) is 5. The summed E-state index contributed by atoms with van der Waals surface area (Å²) in [5.41, 5.74) is 7.42. The van der Waals surface area contributed by atoms with Gasteiger partial charge in [0.2, 0.25) is 5.82 Å². The summed E-state index contributed by atoms with van der Waals surface area (Å²) in [6.07, 6.45) is 7.39. The summed E-state index contributed by atoms with van der Waals surface area (Å²) in [4.78, 5) is 17.8. The third-order valence-electron chi connectivity index (χ3n) is 6.86. The van der Waals surface area contributed by atoms with Gasteiger partial charge < -0.3 is 0 Å². The van der Waals surface area contributed by atoms with Crippen molar-refractivity contribution >= 4 is 0 Å². The smallest absolute Gasteiger partial charge is 0.296 e. The summed E-state index contributed by atoms with van der Waals surface area (Å²) in [7, 11) is 0. The van der Waals surface area contributed by atoms with Crippen molar-refractivity contribution in [3.63, 3.8) is 0 Å². The molecule has 188 valence electrons. The molecule has 0 bridgehead atoms. The van der Waals surface area contributed by atoms with Gasteiger partial charge in [-0.05, 0) is 59.7 Å². The SMILES string of the molecule is CCCCc1c(C)n(CCc2ccccc2)c(=O)n1Cc1ccc(-c2ccncc2-c2nn[nH]n2)cc1. The lowest BCUT2D eigenvalue weighted by Gasteiger charge is -2.10. The molecule has 0 radical (unpaired) electrons. The van der Waals surface area contributed by atoms with Gasteiger partial charge in [-0.25, -0.2) is 4.79 Å². The molecule has 0 aliphatic heterocycles. The summed E-state index contributed by atoms with van der Waals surface area (Å²) < 4.78 is 3.91. The van der Waals surface area contributed by atoms with Crippen molar-refractivity contribution in [2.75, 3.05) is 0 Å². The molecule has 8 heteroatoms. The molecule has 0 amide bonds. The Morgan fingerprint density at radius 3 is 2.43 bits per heavy atom. The van der Waals surface area contributed by atoms with Crippen molar-refractivity contribution < 1.29 is 0 Å². The van der Waals surface area contributed by atoms with E-state index >= 15 is 0 Å². The number of imidazole rings is 1. The van der Waals surface area contributed by atoms with Crippen molar-refractivity contribution in [1.29, 1.82) is 0 Å². The Bertz CT molecular complexity index is 1500. The van der Waals surface area contributed by atoms with Gasteiger partial charge in [-0.3, -0.25) is 14.1 Å². The summed E-state index contributed by atoms with van der Waals surface area (Å²) in [6.45, 7) is 5.50. The molecular weight excluding hydrogens is 462 g/mol. The number of aryl methyl sites for hydroxylation is 1. The molecule has 0 fully saturated rings. The Labute approximate surface area is 216 Å². The number of nitrogens with one attached hydrogen (secondary N) is 1. The van der Waals surface area contributed by atoms with Crippen molar-refractivity contribution in [3.05, 3.63) is 106 Å². The van der Waals surface area contributed by atoms with Gasteiger partial charge in [-0.1, -0.05) is 67.9 Å². The van der Waals surface area contributed by atoms with Crippen LogP contribution in [0, 0.1) is 6.92 Å². The third kappa shape index (κ3) is 5.28. The minimum Gasteiger partial charge on any atom is -0.296 e. The van der Waals surface area contributed by atoms with E-state index in [2.05, 4.69) is 75.9 Å². The number of aromatic amines is 1. The first-order chi connectivity index (χ1) is 18.2.